The van der Waals surface area contributed by atoms with Crippen LogP contribution in [-0.2, 0) is 4.74 Å². The van der Waals surface area contributed by atoms with Gasteiger partial charge in [-0.25, -0.2) is 8.78 Å². The van der Waals surface area contributed by atoms with Crippen molar-refractivity contribution < 1.29 is 18.3 Å². The number of halogens is 2. The second-order valence-electron chi connectivity index (χ2n) is 4.05. The highest BCUT2D eigenvalue weighted by molar-refractivity contribution is 5.24. The molecule has 0 saturated heterocycles. The number of ether oxygens (including phenoxy) is 2. The maximum Gasteiger partial charge on any atom is 0.162 e. The molecule has 1 aromatic carbocycles. The Morgan fingerprint density at radius 2 is 2.12 bits per heavy atom. The fourth-order valence-corrected chi connectivity index (χ4v) is 1.88. The zero-order valence-electron chi connectivity index (χ0n) is 9.53. The Morgan fingerprint density at radius 1 is 1.35 bits per heavy atom. The van der Waals surface area contributed by atoms with E-state index < -0.39 is 11.6 Å². The molecule has 1 fully saturated rings. The third-order valence-corrected chi connectivity index (χ3v) is 2.83. The number of benzene rings is 1. The topological polar surface area (TPSA) is 44.5 Å². The van der Waals surface area contributed by atoms with Crippen molar-refractivity contribution in [3.63, 3.8) is 0 Å². The highest BCUT2D eigenvalue weighted by atomic mass is 19.2. The fourth-order valence-electron chi connectivity index (χ4n) is 1.88. The standard InChI is InChI=1S/C12H15F2NO2/c1-2-16-12-10(15)6-11(12)17-7-3-4-8(13)9(14)5-7/h3-5,10-12H,2,6,15H2,1H3. The normalized spacial score (nSPS) is 27.6. The van der Waals surface area contributed by atoms with Crippen LogP contribution in [0.3, 0.4) is 0 Å². The molecule has 0 heterocycles. The van der Waals surface area contributed by atoms with Crippen molar-refractivity contribution in [1.82, 2.24) is 0 Å². The minimum Gasteiger partial charge on any atom is -0.487 e. The first-order valence-corrected chi connectivity index (χ1v) is 5.60. The number of hydrogen-bond donors (Lipinski definition) is 1. The first-order valence-electron chi connectivity index (χ1n) is 5.60. The molecule has 2 N–H and O–H groups in total. The lowest BCUT2D eigenvalue weighted by Crippen LogP contribution is -2.59. The molecule has 17 heavy (non-hydrogen) atoms. The predicted molar refractivity (Wildman–Crippen MR) is 58.8 cm³/mol. The van der Waals surface area contributed by atoms with Crippen LogP contribution in [0.15, 0.2) is 18.2 Å². The molecule has 0 amide bonds. The summed E-state index contributed by atoms with van der Waals surface area (Å²) in [6, 6.07) is 3.41. The van der Waals surface area contributed by atoms with Gasteiger partial charge in [0.2, 0.25) is 0 Å². The summed E-state index contributed by atoms with van der Waals surface area (Å²) in [5.74, 6) is -1.51. The Bertz CT molecular complexity index is 400. The van der Waals surface area contributed by atoms with Gasteiger partial charge in [-0.05, 0) is 19.1 Å². The van der Waals surface area contributed by atoms with Gasteiger partial charge in [-0.1, -0.05) is 0 Å². The maximum absolute atomic E-state index is 13.0. The fraction of sp³-hybridized carbons (Fsp3) is 0.500. The van der Waals surface area contributed by atoms with Gasteiger partial charge in [0.1, 0.15) is 18.0 Å². The van der Waals surface area contributed by atoms with E-state index in [1.807, 2.05) is 6.92 Å². The summed E-state index contributed by atoms with van der Waals surface area (Å²) in [7, 11) is 0. The Balaban J connectivity index is 1.99. The van der Waals surface area contributed by atoms with Crippen molar-refractivity contribution in [2.24, 2.45) is 5.73 Å². The van der Waals surface area contributed by atoms with Crippen LogP contribution < -0.4 is 10.5 Å². The van der Waals surface area contributed by atoms with Crippen molar-refractivity contribution in [1.29, 1.82) is 0 Å². The lowest BCUT2D eigenvalue weighted by atomic mass is 9.86. The van der Waals surface area contributed by atoms with Gasteiger partial charge in [-0.15, -0.1) is 0 Å². The SMILES string of the molecule is CCOC1C(N)CC1Oc1ccc(F)c(F)c1. The first-order chi connectivity index (χ1) is 8.11. The molecule has 0 bridgehead atoms. The Hall–Kier alpha value is -1.20. The maximum atomic E-state index is 13.0. The monoisotopic (exact) mass is 243 g/mol. The quantitative estimate of drug-likeness (QED) is 0.877. The zero-order chi connectivity index (χ0) is 12.4. The molecule has 1 aromatic rings. The van der Waals surface area contributed by atoms with Crippen LogP contribution in [0.5, 0.6) is 5.75 Å². The van der Waals surface area contributed by atoms with Gasteiger partial charge in [0.25, 0.3) is 0 Å². The van der Waals surface area contributed by atoms with E-state index in [9.17, 15) is 8.78 Å². The smallest absolute Gasteiger partial charge is 0.162 e. The third-order valence-electron chi connectivity index (χ3n) is 2.83. The van der Waals surface area contributed by atoms with Crippen LogP contribution in [0.25, 0.3) is 0 Å². The highest BCUT2D eigenvalue weighted by Crippen LogP contribution is 2.28. The van der Waals surface area contributed by atoms with Gasteiger partial charge in [-0.3, -0.25) is 0 Å². The van der Waals surface area contributed by atoms with Gasteiger partial charge in [-0.2, -0.15) is 0 Å². The molecule has 3 nitrogen and oxygen atoms in total. The molecule has 0 spiro atoms. The van der Waals surface area contributed by atoms with Gasteiger partial charge in [0.05, 0.1) is 0 Å². The molecule has 0 aliphatic heterocycles. The zero-order valence-corrected chi connectivity index (χ0v) is 9.53. The lowest BCUT2D eigenvalue weighted by molar-refractivity contribution is -0.0946. The van der Waals surface area contributed by atoms with Crippen LogP contribution in [0.1, 0.15) is 13.3 Å². The summed E-state index contributed by atoms with van der Waals surface area (Å²) in [5, 5.41) is 0. The first kappa shape index (κ1) is 12.3. The predicted octanol–water partition coefficient (Wildman–Crippen LogP) is 1.85. The Morgan fingerprint density at radius 3 is 2.71 bits per heavy atom. The molecular weight excluding hydrogens is 228 g/mol. The minimum absolute atomic E-state index is 0.0507. The third kappa shape index (κ3) is 2.56. The summed E-state index contributed by atoms with van der Waals surface area (Å²) < 4.78 is 36.6. The van der Waals surface area contributed by atoms with E-state index in [0.29, 0.717) is 18.8 Å². The van der Waals surface area contributed by atoms with E-state index in [4.69, 9.17) is 15.2 Å². The van der Waals surface area contributed by atoms with Crippen LogP contribution in [0.2, 0.25) is 0 Å². The molecule has 5 heteroatoms. The molecule has 1 aliphatic rings. The summed E-state index contributed by atoms with van der Waals surface area (Å²) >= 11 is 0. The molecule has 0 radical (unpaired) electrons. The second kappa shape index (κ2) is 4.98. The van der Waals surface area contributed by atoms with Crippen molar-refractivity contribution in [3.05, 3.63) is 29.8 Å². The Labute approximate surface area is 98.5 Å². The van der Waals surface area contributed by atoms with Gasteiger partial charge >= 0.3 is 0 Å². The molecular formula is C12H15F2NO2. The van der Waals surface area contributed by atoms with E-state index in [1.165, 1.54) is 6.07 Å². The van der Waals surface area contributed by atoms with Gasteiger partial charge in [0.15, 0.2) is 11.6 Å². The van der Waals surface area contributed by atoms with Gasteiger partial charge < -0.3 is 15.2 Å². The highest BCUT2D eigenvalue weighted by Gasteiger charge is 2.41. The van der Waals surface area contributed by atoms with Crippen molar-refractivity contribution in [3.8, 4) is 5.75 Å². The van der Waals surface area contributed by atoms with Crippen LogP contribution in [0.4, 0.5) is 8.78 Å². The summed E-state index contributed by atoms with van der Waals surface area (Å²) in [6.07, 6.45) is 0.298. The summed E-state index contributed by atoms with van der Waals surface area (Å²) in [6.45, 7) is 2.43. The average Bonchev–Trinajstić information content (AvgIpc) is 2.30. The van der Waals surface area contributed by atoms with E-state index >= 15 is 0 Å². The van der Waals surface area contributed by atoms with Crippen LogP contribution in [0, 0.1) is 11.6 Å². The van der Waals surface area contributed by atoms with Crippen LogP contribution in [-0.4, -0.2) is 24.9 Å². The van der Waals surface area contributed by atoms with E-state index in [0.717, 1.165) is 12.1 Å². The number of nitrogens with two attached hydrogens (primary N) is 1. The molecule has 3 atom stereocenters. The minimum atomic E-state index is -0.918. The summed E-state index contributed by atoms with van der Waals surface area (Å²) in [4.78, 5) is 0. The van der Waals surface area contributed by atoms with E-state index in [2.05, 4.69) is 0 Å². The number of hydrogen-bond acceptors (Lipinski definition) is 3. The average molecular weight is 243 g/mol. The molecule has 94 valence electrons. The Kier molecular flexibility index (Phi) is 3.59. The lowest BCUT2D eigenvalue weighted by Gasteiger charge is -2.41. The number of rotatable bonds is 4. The second-order valence-corrected chi connectivity index (χ2v) is 4.05. The molecule has 3 unspecified atom stereocenters. The molecule has 2 rings (SSSR count). The molecule has 1 saturated carbocycles. The van der Waals surface area contributed by atoms with Crippen LogP contribution >= 0.6 is 0 Å². The van der Waals surface area contributed by atoms with E-state index in [-0.39, 0.29) is 18.2 Å². The van der Waals surface area contributed by atoms with Gasteiger partial charge in [0, 0.05) is 25.1 Å². The summed E-state index contributed by atoms with van der Waals surface area (Å²) in [5.41, 5.74) is 5.77. The van der Waals surface area contributed by atoms with Crippen molar-refractivity contribution >= 4 is 0 Å². The molecule has 1 aliphatic carbocycles. The van der Waals surface area contributed by atoms with Crippen molar-refractivity contribution in [2.75, 3.05) is 6.61 Å². The van der Waals surface area contributed by atoms with E-state index in [1.54, 1.807) is 0 Å². The molecule has 0 aromatic heterocycles. The van der Waals surface area contributed by atoms with Crippen molar-refractivity contribution in [2.45, 2.75) is 31.6 Å². The largest absolute Gasteiger partial charge is 0.487 e.